The third kappa shape index (κ3) is 3.46. The van der Waals surface area contributed by atoms with Crippen molar-refractivity contribution >= 4 is 16.2 Å². The molecule has 1 fully saturated rings. The van der Waals surface area contributed by atoms with Gasteiger partial charge in [-0.15, -0.1) is 0 Å². The highest BCUT2D eigenvalue weighted by Crippen LogP contribution is 2.24. The molecular weight excluding hydrogens is 268 g/mol. The summed E-state index contributed by atoms with van der Waals surface area (Å²) in [6.45, 7) is 6.21. The minimum Gasteiger partial charge on any atom is -0.480 e. The molecule has 0 aromatic heterocycles. The third-order valence-electron chi connectivity index (χ3n) is 3.73. The van der Waals surface area contributed by atoms with E-state index in [-0.39, 0.29) is 6.04 Å². The van der Waals surface area contributed by atoms with Crippen molar-refractivity contribution in [3.05, 3.63) is 0 Å². The van der Waals surface area contributed by atoms with E-state index >= 15 is 0 Å². The first kappa shape index (κ1) is 16.4. The molecular formula is C12H24N2O4S. The molecule has 7 heteroatoms. The first-order chi connectivity index (χ1) is 8.86. The van der Waals surface area contributed by atoms with Gasteiger partial charge >= 0.3 is 5.97 Å². The molecule has 0 spiro atoms. The number of piperidine rings is 1. The summed E-state index contributed by atoms with van der Waals surface area (Å²) in [6.07, 6.45) is 2.59. The van der Waals surface area contributed by atoms with Crippen LogP contribution >= 0.6 is 0 Å². The lowest BCUT2D eigenvalue weighted by Gasteiger charge is -2.37. The normalized spacial score (nSPS) is 23.5. The van der Waals surface area contributed by atoms with Gasteiger partial charge in [0.1, 0.15) is 6.04 Å². The molecule has 19 heavy (non-hydrogen) atoms. The molecule has 2 unspecified atom stereocenters. The average Bonchev–Trinajstić information content (AvgIpc) is 2.38. The summed E-state index contributed by atoms with van der Waals surface area (Å²) in [7, 11) is -3.69. The Bertz CT molecular complexity index is 410. The van der Waals surface area contributed by atoms with Gasteiger partial charge in [0.2, 0.25) is 0 Å². The van der Waals surface area contributed by atoms with Crippen LogP contribution in [0.25, 0.3) is 0 Å². The van der Waals surface area contributed by atoms with Gasteiger partial charge in [0, 0.05) is 19.1 Å². The Labute approximate surface area is 115 Å². The average molecular weight is 292 g/mol. The second kappa shape index (κ2) is 6.67. The number of hydrogen-bond donors (Lipinski definition) is 1. The van der Waals surface area contributed by atoms with Crippen LogP contribution in [0.15, 0.2) is 0 Å². The van der Waals surface area contributed by atoms with Gasteiger partial charge in [-0.2, -0.15) is 17.0 Å². The number of hydrogen-bond acceptors (Lipinski definition) is 3. The van der Waals surface area contributed by atoms with Crippen LogP contribution in [0, 0.1) is 0 Å². The van der Waals surface area contributed by atoms with Crippen molar-refractivity contribution in [3.63, 3.8) is 0 Å². The molecule has 0 aromatic rings. The van der Waals surface area contributed by atoms with Gasteiger partial charge in [-0.3, -0.25) is 4.79 Å². The van der Waals surface area contributed by atoms with E-state index in [9.17, 15) is 18.3 Å². The lowest BCUT2D eigenvalue weighted by atomic mass is 10.1. The molecule has 1 N–H and O–H groups in total. The van der Waals surface area contributed by atoms with E-state index in [0.29, 0.717) is 25.9 Å². The van der Waals surface area contributed by atoms with Gasteiger partial charge in [-0.05, 0) is 32.6 Å². The van der Waals surface area contributed by atoms with Crippen molar-refractivity contribution in [1.82, 2.24) is 8.61 Å². The second-order valence-corrected chi connectivity index (χ2v) is 6.76. The molecule has 0 amide bonds. The molecule has 0 aliphatic carbocycles. The minimum atomic E-state index is -3.69. The molecule has 2 atom stereocenters. The fourth-order valence-electron chi connectivity index (χ4n) is 2.47. The van der Waals surface area contributed by atoms with Gasteiger partial charge in [0.05, 0.1) is 0 Å². The van der Waals surface area contributed by atoms with Gasteiger partial charge in [0.25, 0.3) is 10.2 Å². The van der Waals surface area contributed by atoms with Crippen molar-refractivity contribution in [2.75, 3.05) is 13.1 Å². The van der Waals surface area contributed by atoms with Crippen LogP contribution in [-0.2, 0) is 15.0 Å². The Kier molecular flexibility index (Phi) is 5.76. The molecule has 0 bridgehead atoms. The number of carboxylic acids is 1. The predicted octanol–water partition coefficient (Wildman–Crippen LogP) is 1.29. The second-order valence-electron chi connectivity index (χ2n) is 4.93. The van der Waals surface area contributed by atoms with Gasteiger partial charge in [-0.1, -0.05) is 13.8 Å². The van der Waals surface area contributed by atoms with E-state index in [1.807, 2.05) is 13.8 Å². The van der Waals surface area contributed by atoms with Gasteiger partial charge in [0.15, 0.2) is 0 Å². The van der Waals surface area contributed by atoms with Crippen LogP contribution in [0.5, 0.6) is 0 Å². The van der Waals surface area contributed by atoms with Crippen LogP contribution in [-0.4, -0.2) is 53.3 Å². The molecule has 1 heterocycles. The number of rotatable bonds is 6. The maximum atomic E-state index is 12.6. The van der Waals surface area contributed by atoms with E-state index in [1.54, 1.807) is 6.92 Å². The molecule has 1 saturated heterocycles. The topological polar surface area (TPSA) is 77.9 Å². The maximum absolute atomic E-state index is 12.6. The Balaban J connectivity index is 3.04. The standard InChI is InChI=1S/C12H24N2O4S/c1-4-10(3)13(5-2)19(17,18)14-9-7-6-8-11(14)12(15)16/h10-11H,4-9H2,1-3H3,(H,15,16). The van der Waals surface area contributed by atoms with E-state index in [1.165, 1.54) is 4.31 Å². The third-order valence-corrected chi connectivity index (χ3v) is 5.97. The highest BCUT2D eigenvalue weighted by atomic mass is 32.2. The molecule has 0 aromatic carbocycles. The number of carbonyl (C=O) groups is 1. The van der Waals surface area contributed by atoms with Crippen molar-refractivity contribution < 1.29 is 18.3 Å². The van der Waals surface area contributed by atoms with E-state index in [0.717, 1.165) is 17.1 Å². The number of nitrogens with zero attached hydrogens (tertiary/aromatic N) is 2. The summed E-state index contributed by atoms with van der Waals surface area (Å²) in [4.78, 5) is 11.2. The maximum Gasteiger partial charge on any atom is 0.322 e. The number of aliphatic carboxylic acids is 1. The zero-order valence-electron chi connectivity index (χ0n) is 11.9. The van der Waals surface area contributed by atoms with Crippen LogP contribution < -0.4 is 0 Å². The van der Waals surface area contributed by atoms with Crippen molar-refractivity contribution in [1.29, 1.82) is 0 Å². The summed E-state index contributed by atoms with van der Waals surface area (Å²) in [6, 6.07) is -1.04. The minimum absolute atomic E-state index is 0.119. The van der Waals surface area contributed by atoms with E-state index < -0.39 is 22.2 Å². The van der Waals surface area contributed by atoms with E-state index in [4.69, 9.17) is 0 Å². The lowest BCUT2D eigenvalue weighted by Crippen LogP contribution is -2.55. The largest absolute Gasteiger partial charge is 0.480 e. The highest BCUT2D eigenvalue weighted by molar-refractivity contribution is 7.86. The van der Waals surface area contributed by atoms with Crippen LogP contribution in [0.3, 0.4) is 0 Å². The van der Waals surface area contributed by atoms with Crippen LogP contribution in [0.2, 0.25) is 0 Å². The van der Waals surface area contributed by atoms with Gasteiger partial charge in [-0.25, -0.2) is 0 Å². The van der Waals surface area contributed by atoms with E-state index in [2.05, 4.69) is 0 Å². The first-order valence-corrected chi connectivity index (χ1v) is 8.27. The molecule has 6 nitrogen and oxygen atoms in total. The zero-order chi connectivity index (χ0) is 14.6. The SMILES string of the molecule is CCC(C)N(CC)S(=O)(=O)N1CCCCC1C(=O)O. The molecule has 1 aliphatic heterocycles. The summed E-state index contributed by atoms with van der Waals surface area (Å²) in [5.74, 6) is -1.05. The Hall–Kier alpha value is -0.660. The highest BCUT2D eigenvalue weighted by Gasteiger charge is 2.40. The summed E-state index contributed by atoms with van der Waals surface area (Å²) in [5.41, 5.74) is 0. The van der Waals surface area contributed by atoms with Crippen molar-refractivity contribution in [3.8, 4) is 0 Å². The first-order valence-electron chi connectivity index (χ1n) is 6.87. The molecule has 0 radical (unpaired) electrons. The summed E-state index contributed by atoms with van der Waals surface area (Å²) in [5, 5.41) is 9.20. The Morgan fingerprint density at radius 2 is 2.05 bits per heavy atom. The van der Waals surface area contributed by atoms with Crippen LogP contribution in [0.1, 0.15) is 46.5 Å². The Morgan fingerprint density at radius 1 is 1.42 bits per heavy atom. The summed E-state index contributed by atoms with van der Waals surface area (Å²) >= 11 is 0. The van der Waals surface area contributed by atoms with Crippen molar-refractivity contribution in [2.24, 2.45) is 0 Å². The van der Waals surface area contributed by atoms with Crippen LogP contribution in [0.4, 0.5) is 0 Å². The Morgan fingerprint density at radius 3 is 2.53 bits per heavy atom. The number of carboxylic acid groups (broad SMARTS) is 1. The fourth-order valence-corrected chi connectivity index (χ4v) is 4.55. The molecule has 1 aliphatic rings. The van der Waals surface area contributed by atoms with Crippen molar-refractivity contribution in [2.45, 2.75) is 58.5 Å². The predicted molar refractivity (Wildman–Crippen MR) is 73.0 cm³/mol. The monoisotopic (exact) mass is 292 g/mol. The molecule has 112 valence electrons. The fraction of sp³-hybridized carbons (Fsp3) is 0.917. The molecule has 1 rings (SSSR count). The quantitative estimate of drug-likeness (QED) is 0.800. The zero-order valence-corrected chi connectivity index (χ0v) is 12.7. The lowest BCUT2D eigenvalue weighted by molar-refractivity contribution is -0.142. The summed E-state index contributed by atoms with van der Waals surface area (Å²) < 4.78 is 27.8. The molecule has 0 saturated carbocycles. The van der Waals surface area contributed by atoms with Gasteiger partial charge < -0.3 is 5.11 Å². The smallest absolute Gasteiger partial charge is 0.322 e.